The monoisotopic (exact) mass is 291 g/mol. The van der Waals surface area contributed by atoms with Gasteiger partial charge in [0.05, 0.1) is 0 Å². The topological polar surface area (TPSA) is 108 Å². The summed E-state index contributed by atoms with van der Waals surface area (Å²) in [7, 11) is 0. The lowest BCUT2D eigenvalue weighted by Crippen LogP contribution is -2.46. The predicted molar refractivity (Wildman–Crippen MR) is 74.3 cm³/mol. The molecule has 1 atom stereocenters. The van der Waals surface area contributed by atoms with E-state index in [4.69, 9.17) is 5.11 Å². The first-order valence-corrected chi connectivity index (χ1v) is 7.43. The summed E-state index contributed by atoms with van der Waals surface area (Å²) in [5.41, 5.74) is 0. The van der Waals surface area contributed by atoms with E-state index < -0.39 is 18.0 Å². The Balaban J connectivity index is 3.93. The zero-order chi connectivity index (χ0) is 14.7. The maximum absolute atomic E-state index is 11.4. The van der Waals surface area contributed by atoms with E-state index in [2.05, 4.69) is 16.0 Å². The standard InChI is InChI=1S/C11H21N3O4S/c1-3-12-9(15)4-6-13-11(18)14-8(10(16)17)5-7-19-2/h8H,3-7H2,1-2H3,(H,12,15)(H,16,17)(H2,13,14,18). The van der Waals surface area contributed by atoms with Crippen molar-refractivity contribution in [2.45, 2.75) is 25.8 Å². The van der Waals surface area contributed by atoms with Crippen LogP contribution in [0.1, 0.15) is 19.8 Å². The smallest absolute Gasteiger partial charge is 0.326 e. The third-order valence-electron chi connectivity index (χ3n) is 2.23. The zero-order valence-corrected chi connectivity index (χ0v) is 12.0. The minimum Gasteiger partial charge on any atom is -0.480 e. The SMILES string of the molecule is CCNC(=O)CCNC(=O)NC(CCSC)C(=O)O. The molecule has 0 saturated carbocycles. The van der Waals surface area contributed by atoms with Gasteiger partial charge in [-0.25, -0.2) is 9.59 Å². The number of aliphatic carboxylic acids is 1. The number of hydrogen-bond acceptors (Lipinski definition) is 4. The van der Waals surface area contributed by atoms with Gasteiger partial charge in [0.15, 0.2) is 0 Å². The highest BCUT2D eigenvalue weighted by Crippen LogP contribution is 2.00. The van der Waals surface area contributed by atoms with Crippen LogP contribution >= 0.6 is 11.8 Å². The molecule has 3 amide bonds. The van der Waals surface area contributed by atoms with Gasteiger partial charge in [-0.05, 0) is 25.4 Å². The molecule has 0 bridgehead atoms. The molecule has 1 unspecified atom stereocenters. The summed E-state index contributed by atoms with van der Waals surface area (Å²) < 4.78 is 0. The zero-order valence-electron chi connectivity index (χ0n) is 11.2. The first kappa shape index (κ1) is 17.6. The molecule has 0 aromatic carbocycles. The number of hydrogen-bond donors (Lipinski definition) is 4. The second kappa shape index (κ2) is 10.5. The highest BCUT2D eigenvalue weighted by Gasteiger charge is 2.18. The lowest BCUT2D eigenvalue weighted by Gasteiger charge is -2.14. The van der Waals surface area contributed by atoms with Crippen molar-refractivity contribution in [2.24, 2.45) is 0 Å². The van der Waals surface area contributed by atoms with Gasteiger partial charge in [-0.2, -0.15) is 11.8 Å². The van der Waals surface area contributed by atoms with Crippen LogP contribution in [-0.2, 0) is 9.59 Å². The van der Waals surface area contributed by atoms with Crippen molar-refractivity contribution < 1.29 is 19.5 Å². The van der Waals surface area contributed by atoms with E-state index in [0.717, 1.165) is 0 Å². The molecular weight excluding hydrogens is 270 g/mol. The van der Waals surface area contributed by atoms with Crippen molar-refractivity contribution >= 4 is 29.7 Å². The van der Waals surface area contributed by atoms with Crippen LogP contribution in [0.5, 0.6) is 0 Å². The quantitative estimate of drug-likeness (QED) is 0.479. The normalized spacial score (nSPS) is 11.5. The van der Waals surface area contributed by atoms with Crippen molar-refractivity contribution in [1.82, 2.24) is 16.0 Å². The van der Waals surface area contributed by atoms with Gasteiger partial charge in [0.25, 0.3) is 0 Å². The maximum atomic E-state index is 11.4. The van der Waals surface area contributed by atoms with E-state index in [1.165, 1.54) is 11.8 Å². The number of rotatable bonds is 9. The molecule has 0 rings (SSSR count). The van der Waals surface area contributed by atoms with E-state index in [0.29, 0.717) is 18.7 Å². The van der Waals surface area contributed by atoms with Crippen LogP contribution in [0.3, 0.4) is 0 Å². The number of thioether (sulfide) groups is 1. The first-order valence-electron chi connectivity index (χ1n) is 6.04. The van der Waals surface area contributed by atoms with E-state index in [-0.39, 0.29) is 18.9 Å². The third kappa shape index (κ3) is 9.18. The summed E-state index contributed by atoms with van der Waals surface area (Å²) in [6, 6.07) is -1.48. The van der Waals surface area contributed by atoms with Crippen molar-refractivity contribution in [1.29, 1.82) is 0 Å². The Labute approximate surface area is 116 Å². The molecule has 0 heterocycles. The molecule has 0 aromatic heterocycles. The molecule has 19 heavy (non-hydrogen) atoms. The Kier molecular flexibility index (Phi) is 9.69. The molecule has 0 fully saturated rings. The van der Waals surface area contributed by atoms with Crippen molar-refractivity contribution in [3.8, 4) is 0 Å². The van der Waals surface area contributed by atoms with Crippen LogP contribution < -0.4 is 16.0 Å². The number of carboxylic acid groups (broad SMARTS) is 1. The lowest BCUT2D eigenvalue weighted by atomic mass is 10.2. The molecular formula is C11H21N3O4S. The minimum atomic E-state index is -1.06. The number of nitrogens with one attached hydrogen (secondary N) is 3. The molecule has 0 saturated heterocycles. The first-order chi connectivity index (χ1) is 9.01. The van der Waals surface area contributed by atoms with Gasteiger partial charge in [-0.15, -0.1) is 0 Å². The average Bonchev–Trinajstić information content (AvgIpc) is 2.34. The van der Waals surface area contributed by atoms with Crippen LogP contribution in [0.2, 0.25) is 0 Å². The van der Waals surface area contributed by atoms with Gasteiger partial charge < -0.3 is 21.1 Å². The molecule has 110 valence electrons. The van der Waals surface area contributed by atoms with Gasteiger partial charge in [-0.3, -0.25) is 4.79 Å². The van der Waals surface area contributed by atoms with Crippen molar-refractivity contribution in [3.05, 3.63) is 0 Å². The van der Waals surface area contributed by atoms with E-state index in [1.54, 1.807) is 6.92 Å². The van der Waals surface area contributed by atoms with Crippen LogP contribution in [0.25, 0.3) is 0 Å². The summed E-state index contributed by atoms with van der Waals surface area (Å²) >= 11 is 1.51. The number of carbonyl (C=O) groups is 3. The molecule has 0 aliphatic heterocycles. The van der Waals surface area contributed by atoms with Gasteiger partial charge in [0, 0.05) is 19.5 Å². The number of carbonyl (C=O) groups excluding carboxylic acids is 2. The average molecular weight is 291 g/mol. The number of amides is 3. The van der Waals surface area contributed by atoms with Gasteiger partial charge >= 0.3 is 12.0 Å². The molecule has 4 N–H and O–H groups in total. The second-order valence-electron chi connectivity index (χ2n) is 3.78. The minimum absolute atomic E-state index is 0.153. The molecule has 8 heteroatoms. The summed E-state index contributed by atoms with van der Waals surface area (Å²) in [6.45, 7) is 2.52. The van der Waals surface area contributed by atoms with E-state index >= 15 is 0 Å². The lowest BCUT2D eigenvalue weighted by molar-refractivity contribution is -0.139. The summed E-state index contributed by atoms with van der Waals surface area (Å²) in [5, 5.41) is 16.3. The van der Waals surface area contributed by atoms with E-state index in [1.807, 2.05) is 6.26 Å². The Morgan fingerprint density at radius 1 is 1.26 bits per heavy atom. The fraction of sp³-hybridized carbons (Fsp3) is 0.727. The number of carboxylic acids is 1. The van der Waals surface area contributed by atoms with E-state index in [9.17, 15) is 14.4 Å². The Morgan fingerprint density at radius 3 is 2.47 bits per heavy atom. The van der Waals surface area contributed by atoms with Crippen molar-refractivity contribution in [3.63, 3.8) is 0 Å². The van der Waals surface area contributed by atoms with Crippen LogP contribution in [0, 0.1) is 0 Å². The Hall–Kier alpha value is -1.44. The highest BCUT2D eigenvalue weighted by atomic mass is 32.2. The van der Waals surface area contributed by atoms with Gasteiger partial charge in [0.1, 0.15) is 6.04 Å². The fourth-order valence-electron chi connectivity index (χ4n) is 1.28. The summed E-state index contributed by atoms with van der Waals surface area (Å²) in [4.78, 5) is 33.4. The summed E-state index contributed by atoms with van der Waals surface area (Å²) in [6.07, 6.45) is 2.40. The van der Waals surface area contributed by atoms with Crippen LogP contribution in [-0.4, -0.2) is 54.2 Å². The van der Waals surface area contributed by atoms with Crippen LogP contribution in [0.15, 0.2) is 0 Å². The molecule has 0 radical (unpaired) electrons. The van der Waals surface area contributed by atoms with Crippen molar-refractivity contribution in [2.75, 3.05) is 25.1 Å². The molecule has 0 aliphatic carbocycles. The third-order valence-corrected chi connectivity index (χ3v) is 2.87. The molecule has 0 aliphatic rings. The molecule has 7 nitrogen and oxygen atoms in total. The predicted octanol–water partition coefficient (Wildman–Crippen LogP) is 0.0181. The van der Waals surface area contributed by atoms with Gasteiger partial charge in [-0.1, -0.05) is 0 Å². The highest BCUT2D eigenvalue weighted by molar-refractivity contribution is 7.98. The van der Waals surface area contributed by atoms with Crippen LogP contribution in [0.4, 0.5) is 4.79 Å². The Morgan fingerprint density at radius 2 is 1.95 bits per heavy atom. The molecule has 0 spiro atoms. The largest absolute Gasteiger partial charge is 0.480 e. The van der Waals surface area contributed by atoms with Gasteiger partial charge in [0.2, 0.25) is 5.91 Å². The fourth-order valence-corrected chi connectivity index (χ4v) is 1.75. The molecule has 0 aromatic rings. The number of urea groups is 1. The maximum Gasteiger partial charge on any atom is 0.326 e. The Bertz CT molecular complexity index is 312. The summed E-state index contributed by atoms with van der Waals surface area (Å²) in [5.74, 6) is -0.566. The second-order valence-corrected chi connectivity index (χ2v) is 4.76.